The van der Waals surface area contributed by atoms with E-state index in [2.05, 4.69) is 59.7 Å². The van der Waals surface area contributed by atoms with Crippen molar-refractivity contribution >= 4 is 5.96 Å². The van der Waals surface area contributed by atoms with Crippen LogP contribution in [0, 0.1) is 5.92 Å². The van der Waals surface area contributed by atoms with Crippen molar-refractivity contribution in [1.29, 1.82) is 0 Å². The number of aliphatic imine (C=N–C) groups is 1. The quantitative estimate of drug-likeness (QED) is 0.588. The molecule has 1 aliphatic carbocycles. The van der Waals surface area contributed by atoms with Crippen molar-refractivity contribution in [1.82, 2.24) is 15.5 Å². The zero-order valence-electron chi connectivity index (χ0n) is 15.9. The number of rotatable bonds is 7. The fourth-order valence-electron chi connectivity index (χ4n) is 3.65. The number of hydrogen-bond donors (Lipinski definition) is 2. The number of guanidine groups is 1. The van der Waals surface area contributed by atoms with Gasteiger partial charge in [0, 0.05) is 38.3 Å². The molecule has 0 aromatic heterocycles. The Morgan fingerprint density at radius 2 is 1.88 bits per heavy atom. The van der Waals surface area contributed by atoms with Crippen molar-refractivity contribution in [3.63, 3.8) is 0 Å². The lowest BCUT2D eigenvalue weighted by atomic mass is 10.0. The lowest BCUT2D eigenvalue weighted by Crippen LogP contribution is -2.49. The third-order valence-electron chi connectivity index (χ3n) is 5.55. The first-order chi connectivity index (χ1) is 12.3. The summed E-state index contributed by atoms with van der Waals surface area (Å²) in [6, 6.07) is 11.9. The second-order valence-corrected chi connectivity index (χ2v) is 7.53. The highest BCUT2D eigenvalue weighted by Gasteiger charge is 2.24. The topological polar surface area (TPSA) is 39.7 Å². The molecule has 3 rings (SSSR count). The molecule has 1 saturated carbocycles. The fraction of sp³-hybridized carbons (Fsp3) is 0.667. The largest absolute Gasteiger partial charge is 0.357 e. The molecule has 2 N–H and O–H groups in total. The standard InChI is InChI=1S/C21H34N4/c1-3-22-21(23-14-11-18-9-10-18)24-20-12-15-25(16-13-20)17(2)19-7-5-4-6-8-19/h4-8,17-18,20H,3,9-16H2,1-2H3,(H2,22,23,24). The summed E-state index contributed by atoms with van der Waals surface area (Å²) >= 11 is 0. The Kier molecular flexibility index (Phi) is 6.74. The normalized spacial score (nSPS) is 21.1. The molecular weight excluding hydrogens is 308 g/mol. The smallest absolute Gasteiger partial charge is 0.191 e. The SMILES string of the molecule is CCNC(=NCCC1CC1)NC1CCN(C(C)c2ccccc2)CC1. The minimum Gasteiger partial charge on any atom is -0.357 e. The second kappa shape index (κ2) is 9.23. The summed E-state index contributed by atoms with van der Waals surface area (Å²) in [5, 5.41) is 7.07. The number of hydrogen-bond acceptors (Lipinski definition) is 2. The zero-order valence-corrected chi connectivity index (χ0v) is 15.9. The zero-order chi connectivity index (χ0) is 17.5. The van der Waals surface area contributed by atoms with Crippen LogP contribution >= 0.6 is 0 Å². The third kappa shape index (κ3) is 5.74. The Hall–Kier alpha value is -1.55. The van der Waals surface area contributed by atoms with Gasteiger partial charge in [0.25, 0.3) is 0 Å². The average molecular weight is 343 g/mol. The highest BCUT2D eigenvalue weighted by Crippen LogP contribution is 2.32. The Bertz CT molecular complexity index is 530. The summed E-state index contributed by atoms with van der Waals surface area (Å²) in [6.45, 7) is 8.65. The van der Waals surface area contributed by atoms with E-state index in [0.717, 1.165) is 38.1 Å². The molecule has 1 unspecified atom stereocenters. The number of piperidine rings is 1. The maximum absolute atomic E-state index is 4.77. The van der Waals surface area contributed by atoms with Gasteiger partial charge in [0.2, 0.25) is 0 Å². The van der Waals surface area contributed by atoms with Gasteiger partial charge in [0.05, 0.1) is 0 Å². The molecule has 0 spiro atoms. The summed E-state index contributed by atoms with van der Waals surface area (Å²) in [6.07, 6.45) is 6.45. The molecule has 1 heterocycles. The van der Waals surface area contributed by atoms with Gasteiger partial charge in [-0.1, -0.05) is 43.2 Å². The van der Waals surface area contributed by atoms with E-state index in [1.807, 2.05) is 0 Å². The number of benzene rings is 1. The monoisotopic (exact) mass is 342 g/mol. The van der Waals surface area contributed by atoms with Gasteiger partial charge in [0.15, 0.2) is 5.96 Å². The van der Waals surface area contributed by atoms with Crippen LogP contribution in [0.25, 0.3) is 0 Å². The molecule has 1 aromatic carbocycles. The first kappa shape index (κ1) is 18.2. The van der Waals surface area contributed by atoms with Gasteiger partial charge in [-0.15, -0.1) is 0 Å². The van der Waals surface area contributed by atoms with Crippen molar-refractivity contribution in [2.45, 2.75) is 58.0 Å². The van der Waals surface area contributed by atoms with Crippen LogP contribution in [0.15, 0.2) is 35.3 Å². The van der Waals surface area contributed by atoms with Crippen LogP contribution in [-0.2, 0) is 0 Å². The van der Waals surface area contributed by atoms with Crippen LogP contribution in [-0.4, -0.2) is 43.1 Å². The maximum Gasteiger partial charge on any atom is 0.191 e. The average Bonchev–Trinajstić information content (AvgIpc) is 3.47. The summed E-state index contributed by atoms with van der Waals surface area (Å²) in [7, 11) is 0. The van der Waals surface area contributed by atoms with Gasteiger partial charge in [-0.3, -0.25) is 9.89 Å². The predicted octanol–water partition coefficient (Wildman–Crippen LogP) is 3.57. The molecular formula is C21H34N4. The number of nitrogens with one attached hydrogen (secondary N) is 2. The van der Waals surface area contributed by atoms with Gasteiger partial charge < -0.3 is 10.6 Å². The molecule has 4 nitrogen and oxygen atoms in total. The van der Waals surface area contributed by atoms with Crippen molar-refractivity contribution in [3.8, 4) is 0 Å². The minimum atomic E-state index is 0.502. The first-order valence-electron chi connectivity index (χ1n) is 10.1. The summed E-state index contributed by atoms with van der Waals surface area (Å²) < 4.78 is 0. The van der Waals surface area contributed by atoms with Crippen LogP contribution < -0.4 is 10.6 Å². The fourth-order valence-corrected chi connectivity index (χ4v) is 3.65. The summed E-state index contributed by atoms with van der Waals surface area (Å²) in [5.41, 5.74) is 1.42. The van der Waals surface area contributed by atoms with E-state index >= 15 is 0 Å². The van der Waals surface area contributed by atoms with E-state index in [1.54, 1.807) is 0 Å². The van der Waals surface area contributed by atoms with E-state index in [0.29, 0.717) is 12.1 Å². The van der Waals surface area contributed by atoms with Crippen LogP contribution in [0.3, 0.4) is 0 Å². The molecule has 0 bridgehead atoms. The molecule has 2 fully saturated rings. The van der Waals surface area contributed by atoms with E-state index < -0.39 is 0 Å². The highest BCUT2D eigenvalue weighted by molar-refractivity contribution is 5.80. The first-order valence-corrected chi connectivity index (χ1v) is 10.1. The van der Waals surface area contributed by atoms with E-state index in [9.17, 15) is 0 Å². The van der Waals surface area contributed by atoms with E-state index in [1.165, 1.54) is 37.7 Å². The van der Waals surface area contributed by atoms with Crippen molar-refractivity contribution < 1.29 is 0 Å². The Morgan fingerprint density at radius 3 is 2.52 bits per heavy atom. The maximum atomic E-state index is 4.77. The van der Waals surface area contributed by atoms with Gasteiger partial charge in [-0.25, -0.2) is 0 Å². The van der Waals surface area contributed by atoms with Crippen molar-refractivity contribution in [2.24, 2.45) is 10.9 Å². The van der Waals surface area contributed by atoms with Crippen LogP contribution in [0.1, 0.15) is 57.6 Å². The number of nitrogens with zero attached hydrogens (tertiary/aromatic N) is 2. The lowest BCUT2D eigenvalue weighted by Gasteiger charge is -2.37. The third-order valence-corrected chi connectivity index (χ3v) is 5.55. The van der Waals surface area contributed by atoms with E-state index in [4.69, 9.17) is 4.99 Å². The van der Waals surface area contributed by atoms with Crippen molar-refractivity contribution in [2.75, 3.05) is 26.2 Å². The molecule has 1 saturated heterocycles. The summed E-state index contributed by atoms with van der Waals surface area (Å²) in [5.74, 6) is 1.96. The molecule has 2 aliphatic rings. The Balaban J connectivity index is 1.45. The predicted molar refractivity (Wildman–Crippen MR) is 106 cm³/mol. The highest BCUT2D eigenvalue weighted by atomic mass is 15.2. The van der Waals surface area contributed by atoms with Gasteiger partial charge in [0.1, 0.15) is 0 Å². The van der Waals surface area contributed by atoms with Crippen LogP contribution in [0.2, 0.25) is 0 Å². The molecule has 1 aliphatic heterocycles. The minimum absolute atomic E-state index is 0.502. The Labute approximate surface area is 153 Å². The second-order valence-electron chi connectivity index (χ2n) is 7.53. The van der Waals surface area contributed by atoms with Crippen molar-refractivity contribution in [3.05, 3.63) is 35.9 Å². The lowest BCUT2D eigenvalue weighted by molar-refractivity contribution is 0.158. The molecule has 0 radical (unpaired) electrons. The number of likely N-dealkylation sites (tertiary alicyclic amines) is 1. The van der Waals surface area contributed by atoms with Crippen LogP contribution in [0.5, 0.6) is 0 Å². The summed E-state index contributed by atoms with van der Waals surface area (Å²) in [4.78, 5) is 7.37. The van der Waals surface area contributed by atoms with Gasteiger partial charge in [-0.05, 0) is 44.6 Å². The molecule has 138 valence electrons. The molecule has 1 aromatic rings. The van der Waals surface area contributed by atoms with Gasteiger partial charge >= 0.3 is 0 Å². The van der Waals surface area contributed by atoms with E-state index in [-0.39, 0.29) is 0 Å². The molecule has 25 heavy (non-hydrogen) atoms. The Morgan fingerprint density at radius 1 is 1.16 bits per heavy atom. The molecule has 1 atom stereocenters. The van der Waals surface area contributed by atoms with Gasteiger partial charge in [-0.2, -0.15) is 0 Å². The molecule has 0 amide bonds. The van der Waals surface area contributed by atoms with Crippen LogP contribution in [0.4, 0.5) is 0 Å². The molecule has 4 heteroatoms.